The smallest absolute Gasteiger partial charge is 0.232 e. The van der Waals surface area contributed by atoms with Gasteiger partial charge in [0.1, 0.15) is 5.82 Å². The Labute approximate surface area is 182 Å². The first kappa shape index (κ1) is 21.1. The van der Waals surface area contributed by atoms with E-state index in [2.05, 4.69) is 27.5 Å². The van der Waals surface area contributed by atoms with Crippen LogP contribution >= 0.6 is 0 Å². The van der Waals surface area contributed by atoms with Crippen molar-refractivity contribution in [2.75, 3.05) is 32.2 Å². The van der Waals surface area contributed by atoms with Crippen LogP contribution < -0.4 is 14.8 Å². The van der Waals surface area contributed by atoms with Gasteiger partial charge in [0.15, 0.2) is 0 Å². The average Bonchev–Trinajstić information content (AvgIpc) is 3.29. The van der Waals surface area contributed by atoms with Crippen molar-refractivity contribution in [1.82, 2.24) is 19.7 Å². The van der Waals surface area contributed by atoms with Gasteiger partial charge < -0.3 is 19.9 Å². The molecule has 1 unspecified atom stereocenters. The highest BCUT2D eigenvalue weighted by Gasteiger charge is 2.16. The Morgan fingerprint density at radius 3 is 2.94 bits per heavy atom. The quantitative estimate of drug-likeness (QED) is 0.484. The van der Waals surface area contributed by atoms with Gasteiger partial charge >= 0.3 is 0 Å². The SMILES string of the molecule is COc1ccc(C(CCO)n2ccc(OCCCc3ccc4c(n3)NCCC4)n2)cn1. The molecule has 0 radical (unpaired) electrons. The number of aromatic nitrogens is 4. The van der Waals surface area contributed by atoms with Crippen LogP contribution in [0.25, 0.3) is 0 Å². The maximum absolute atomic E-state index is 9.49. The molecule has 0 bridgehead atoms. The maximum atomic E-state index is 9.49. The summed E-state index contributed by atoms with van der Waals surface area (Å²) < 4.78 is 12.8. The molecule has 3 aromatic heterocycles. The third-order valence-corrected chi connectivity index (χ3v) is 5.44. The predicted molar refractivity (Wildman–Crippen MR) is 118 cm³/mol. The second-order valence-corrected chi connectivity index (χ2v) is 7.59. The summed E-state index contributed by atoms with van der Waals surface area (Å²) >= 11 is 0. The van der Waals surface area contributed by atoms with E-state index in [1.54, 1.807) is 13.3 Å². The van der Waals surface area contributed by atoms with Crippen molar-refractivity contribution in [3.63, 3.8) is 0 Å². The lowest BCUT2D eigenvalue weighted by molar-refractivity contribution is 0.258. The molecule has 4 rings (SSSR count). The van der Waals surface area contributed by atoms with Gasteiger partial charge in [-0.3, -0.25) is 4.68 Å². The first-order chi connectivity index (χ1) is 15.3. The van der Waals surface area contributed by atoms with Gasteiger partial charge in [-0.15, -0.1) is 5.10 Å². The minimum Gasteiger partial charge on any atom is -0.481 e. The van der Waals surface area contributed by atoms with Crippen LogP contribution in [0.1, 0.15) is 42.1 Å². The molecule has 3 aromatic rings. The molecule has 8 nitrogen and oxygen atoms in total. The van der Waals surface area contributed by atoms with Crippen LogP contribution in [-0.4, -0.2) is 51.7 Å². The van der Waals surface area contributed by atoms with Crippen molar-refractivity contribution in [1.29, 1.82) is 0 Å². The topological polar surface area (TPSA) is 94.3 Å². The second-order valence-electron chi connectivity index (χ2n) is 7.59. The van der Waals surface area contributed by atoms with Crippen LogP contribution in [0.5, 0.6) is 11.8 Å². The van der Waals surface area contributed by atoms with Crippen molar-refractivity contribution in [3.8, 4) is 11.8 Å². The van der Waals surface area contributed by atoms with E-state index in [4.69, 9.17) is 14.5 Å². The Morgan fingerprint density at radius 1 is 1.19 bits per heavy atom. The Balaban J connectivity index is 1.31. The highest BCUT2D eigenvalue weighted by atomic mass is 16.5. The molecule has 8 heteroatoms. The van der Waals surface area contributed by atoms with E-state index in [1.807, 2.05) is 29.1 Å². The average molecular weight is 424 g/mol. The van der Waals surface area contributed by atoms with Gasteiger partial charge in [0.25, 0.3) is 0 Å². The van der Waals surface area contributed by atoms with Gasteiger partial charge in [0.2, 0.25) is 11.8 Å². The standard InChI is InChI=1S/C23H29N5O3/c1-30-21-9-7-18(16-25-21)20(11-14-29)28-13-10-22(27-28)31-15-3-5-19-8-6-17-4-2-12-24-23(17)26-19/h6-10,13,16,20,29H,2-5,11-12,14-15H2,1H3,(H,24,26). The summed E-state index contributed by atoms with van der Waals surface area (Å²) in [5.74, 6) is 2.16. The molecular weight excluding hydrogens is 394 g/mol. The van der Waals surface area contributed by atoms with Gasteiger partial charge in [-0.25, -0.2) is 9.97 Å². The van der Waals surface area contributed by atoms with Crippen molar-refractivity contribution in [2.24, 2.45) is 0 Å². The number of hydrogen-bond acceptors (Lipinski definition) is 7. The van der Waals surface area contributed by atoms with Crippen LogP contribution in [0.3, 0.4) is 0 Å². The molecule has 0 aromatic carbocycles. The van der Waals surface area contributed by atoms with Gasteiger partial charge in [-0.1, -0.05) is 6.07 Å². The summed E-state index contributed by atoms with van der Waals surface area (Å²) in [5.41, 5.74) is 3.34. The van der Waals surface area contributed by atoms with E-state index in [1.165, 1.54) is 12.0 Å². The molecule has 1 aliphatic heterocycles. The fourth-order valence-electron chi connectivity index (χ4n) is 3.79. The number of methoxy groups -OCH3 is 1. The largest absolute Gasteiger partial charge is 0.481 e. The number of nitrogens with one attached hydrogen (secondary N) is 1. The zero-order valence-corrected chi connectivity index (χ0v) is 17.8. The van der Waals surface area contributed by atoms with E-state index >= 15 is 0 Å². The lowest BCUT2D eigenvalue weighted by Gasteiger charge is -2.17. The van der Waals surface area contributed by atoms with Crippen LogP contribution in [0.4, 0.5) is 5.82 Å². The molecule has 1 atom stereocenters. The Kier molecular flexibility index (Phi) is 6.99. The zero-order valence-electron chi connectivity index (χ0n) is 17.8. The van der Waals surface area contributed by atoms with Crippen LogP contribution in [0, 0.1) is 0 Å². The molecule has 0 aliphatic carbocycles. The van der Waals surface area contributed by atoms with Gasteiger partial charge in [0.05, 0.1) is 19.8 Å². The molecule has 0 fully saturated rings. The lowest BCUT2D eigenvalue weighted by atomic mass is 10.1. The summed E-state index contributed by atoms with van der Waals surface area (Å²) in [7, 11) is 1.59. The van der Waals surface area contributed by atoms with Crippen molar-refractivity contribution in [2.45, 2.75) is 38.1 Å². The Hall–Kier alpha value is -3.13. The number of anilines is 1. The van der Waals surface area contributed by atoms with Gasteiger partial charge in [-0.2, -0.15) is 0 Å². The summed E-state index contributed by atoms with van der Waals surface area (Å²) in [4.78, 5) is 8.99. The van der Waals surface area contributed by atoms with E-state index in [9.17, 15) is 5.11 Å². The predicted octanol–water partition coefficient (Wildman–Crippen LogP) is 3.02. The maximum Gasteiger partial charge on any atom is 0.232 e. The van der Waals surface area contributed by atoms with Gasteiger partial charge in [-0.05, 0) is 55.4 Å². The molecular formula is C23H29N5O3. The first-order valence-corrected chi connectivity index (χ1v) is 10.8. The number of fused-ring (bicyclic) bond motifs is 1. The van der Waals surface area contributed by atoms with Crippen molar-refractivity contribution in [3.05, 3.63) is 59.5 Å². The molecule has 2 N–H and O–H groups in total. The highest BCUT2D eigenvalue weighted by molar-refractivity contribution is 5.47. The van der Waals surface area contributed by atoms with Crippen LogP contribution in [0.2, 0.25) is 0 Å². The molecule has 4 heterocycles. The second kappa shape index (κ2) is 10.3. The van der Waals surface area contributed by atoms with E-state index in [0.717, 1.165) is 42.9 Å². The monoisotopic (exact) mass is 423 g/mol. The minimum absolute atomic E-state index is 0.0510. The number of ether oxygens (including phenoxy) is 2. The minimum atomic E-state index is -0.118. The third kappa shape index (κ3) is 5.32. The summed E-state index contributed by atoms with van der Waals surface area (Å²) in [6.07, 6.45) is 8.15. The molecule has 31 heavy (non-hydrogen) atoms. The number of hydrogen-bond donors (Lipinski definition) is 2. The number of rotatable bonds is 10. The third-order valence-electron chi connectivity index (χ3n) is 5.44. The fourth-order valence-corrected chi connectivity index (χ4v) is 3.79. The van der Waals surface area contributed by atoms with Gasteiger partial charge in [0, 0.05) is 43.4 Å². The normalized spacial score (nSPS) is 13.9. The summed E-state index contributed by atoms with van der Waals surface area (Å²) in [6.45, 7) is 1.62. The number of pyridine rings is 2. The first-order valence-electron chi connectivity index (χ1n) is 10.8. The van der Waals surface area contributed by atoms with Crippen LogP contribution in [-0.2, 0) is 12.8 Å². The molecule has 1 aliphatic rings. The van der Waals surface area contributed by atoms with E-state index in [0.29, 0.717) is 24.8 Å². The molecule has 0 saturated carbocycles. The number of aliphatic hydroxyl groups excluding tert-OH is 1. The lowest BCUT2D eigenvalue weighted by Crippen LogP contribution is -2.14. The Bertz CT molecular complexity index is 974. The van der Waals surface area contributed by atoms with Crippen molar-refractivity contribution >= 4 is 5.82 Å². The molecule has 0 amide bonds. The molecule has 164 valence electrons. The van der Waals surface area contributed by atoms with Crippen LogP contribution in [0.15, 0.2) is 42.7 Å². The Morgan fingerprint density at radius 2 is 2.13 bits per heavy atom. The number of nitrogens with zero attached hydrogens (tertiary/aromatic N) is 4. The zero-order chi connectivity index (χ0) is 21.5. The summed E-state index contributed by atoms with van der Waals surface area (Å²) in [5, 5.41) is 17.4. The number of aliphatic hydroxyl groups is 1. The van der Waals surface area contributed by atoms with Crippen molar-refractivity contribution < 1.29 is 14.6 Å². The highest BCUT2D eigenvalue weighted by Crippen LogP contribution is 2.24. The fraction of sp³-hybridized carbons (Fsp3) is 0.435. The van der Waals surface area contributed by atoms with E-state index in [-0.39, 0.29) is 12.6 Å². The van der Waals surface area contributed by atoms with E-state index < -0.39 is 0 Å². The number of aryl methyl sites for hydroxylation is 2. The summed E-state index contributed by atoms with van der Waals surface area (Å²) in [6, 6.07) is 9.78. The molecule has 0 spiro atoms. The molecule has 0 saturated heterocycles.